The molecule has 0 rings (SSSR count). The minimum Gasteiger partial charge on any atom is -0.0654 e. The number of hydrogen-bond donors (Lipinski definition) is 0. The Morgan fingerprint density at radius 2 is 0.895 bits per heavy atom. The Morgan fingerprint density at radius 1 is 0.526 bits per heavy atom. The third kappa shape index (κ3) is 14.2. The van der Waals surface area contributed by atoms with Gasteiger partial charge in [-0.05, 0) is 18.3 Å². The minimum absolute atomic E-state index is 0.951. The molecule has 0 saturated carbocycles. The van der Waals surface area contributed by atoms with Crippen LogP contribution < -0.4 is 0 Å². The summed E-state index contributed by atoms with van der Waals surface area (Å²) in [7, 11) is 0. The van der Waals surface area contributed by atoms with E-state index in [0.29, 0.717) is 0 Å². The van der Waals surface area contributed by atoms with Crippen LogP contribution in [0, 0.1) is 11.8 Å². The van der Waals surface area contributed by atoms with E-state index in [1.165, 1.54) is 83.5 Å². The highest BCUT2D eigenvalue weighted by atomic mass is 14.1. The quantitative estimate of drug-likeness (QED) is 0.288. The van der Waals surface area contributed by atoms with Gasteiger partial charge in [-0.3, -0.25) is 0 Å². The molecule has 0 heterocycles. The zero-order valence-corrected chi connectivity index (χ0v) is 14.3. The van der Waals surface area contributed by atoms with E-state index >= 15 is 0 Å². The molecule has 0 aliphatic rings. The Balaban J connectivity index is 3.34. The first-order valence-electron chi connectivity index (χ1n) is 9.20. The van der Waals surface area contributed by atoms with Crippen molar-refractivity contribution in [1.29, 1.82) is 0 Å². The van der Waals surface area contributed by atoms with Gasteiger partial charge in [-0.2, -0.15) is 0 Å². The number of hydrogen-bond acceptors (Lipinski definition) is 0. The zero-order valence-electron chi connectivity index (χ0n) is 14.3. The van der Waals surface area contributed by atoms with Gasteiger partial charge in [0.05, 0.1) is 0 Å². The molecule has 2 unspecified atom stereocenters. The molecule has 0 aliphatic heterocycles. The summed E-state index contributed by atoms with van der Waals surface area (Å²) in [5, 5.41) is 0. The van der Waals surface area contributed by atoms with Crippen molar-refractivity contribution in [3.05, 3.63) is 0 Å². The van der Waals surface area contributed by atoms with E-state index in [1.807, 2.05) is 0 Å². The molecule has 0 fully saturated rings. The molecule has 0 heteroatoms. The van der Waals surface area contributed by atoms with Crippen molar-refractivity contribution >= 4 is 0 Å². The van der Waals surface area contributed by atoms with E-state index in [1.54, 1.807) is 0 Å². The fourth-order valence-electron chi connectivity index (χ4n) is 3.12. The van der Waals surface area contributed by atoms with Gasteiger partial charge in [0.2, 0.25) is 0 Å². The van der Waals surface area contributed by atoms with Crippen LogP contribution in [0.4, 0.5) is 0 Å². The standard InChI is InChI=1S/C19H40/c1-5-7-9-11-13-15-18(3)17-19(4)16-14-12-10-8-6-2/h18-19H,5-17H2,1-4H3. The van der Waals surface area contributed by atoms with E-state index in [2.05, 4.69) is 27.7 Å². The smallest absolute Gasteiger partial charge is 0.0440 e. The Kier molecular flexibility index (Phi) is 14.4. The summed E-state index contributed by atoms with van der Waals surface area (Å²) >= 11 is 0. The Hall–Kier alpha value is 0. The predicted octanol–water partition coefficient (Wildman–Crippen LogP) is 7.37. The van der Waals surface area contributed by atoms with Gasteiger partial charge in [0.1, 0.15) is 0 Å². The molecule has 0 saturated heterocycles. The lowest BCUT2D eigenvalue weighted by Crippen LogP contribution is -2.03. The normalized spacial score (nSPS) is 14.5. The second-order valence-corrected chi connectivity index (χ2v) is 6.85. The van der Waals surface area contributed by atoms with Crippen molar-refractivity contribution in [3.8, 4) is 0 Å². The molecule has 0 spiro atoms. The maximum atomic E-state index is 2.47. The highest BCUT2D eigenvalue weighted by Crippen LogP contribution is 2.22. The Bertz CT molecular complexity index is 143. The van der Waals surface area contributed by atoms with Gasteiger partial charge in [-0.25, -0.2) is 0 Å². The monoisotopic (exact) mass is 268 g/mol. The Morgan fingerprint density at radius 3 is 1.26 bits per heavy atom. The molecule has 19 heavy (non-hydrogen) atoms. The van der Waals surface area contributed by atoms with Crippen LogP contribution in [0.2, 0.25) is 0 Å². The summed E-state index contributed by atoms with van der Waals surface area (Å²) in [5.74, 6) is 1.90. The van der Waals surface area contributed by atoms with Crippen LogP contribution >= 0.6 is 0 Å². The van der Waals surface area contributed by atoms with Crippen LogP contribution in [0.3, 0.4) is 0 Å². The van der Waals surface area contributed by atoms with Crippen molar-refractivity contribution in [3.63, 3.8) is 0 Å². The number of rotatable bonds is 14. The second kappa shape index (κ2) is 14.4. The van der Waals surface area contributed by atoms with Gasteiger partial charge < -0.3 is 0 Å². The van der Waals surface area contributed by atoms with Gasteiger partial charge in [0.15, 0.2) is 0 Å². The largest absolute Gasteiger partial charge is 0.0654 e. The summed E-state index contributed by atoms with van der Waals surface area (Å²) in [6.07, 6.45) is 18.7. The van der Waals surface area contributed by atoms with Gasteiger partial charge >= 0.3 is 0 Å². The van der Waals surface area contributed by atoms with Gasteiger partial charge in [-0.15, -0.1) is 0 Å². The minimum atomic E-state index is 0.951. The summed E-state index contributed by atoms with van der Waals surface area (Å²) in [6.45, 7) is 9.52. The van der Waals surface area contributed by atoms with E-state index in [0.717, 1.165) is 11.8 Å². The van der Waals surface area contributed by atoms with Gasteiger partial charge in [0.25, 0.3) is 0 Å². The highest BCUT2D eigenvalue weighted by molar-refractivity contribution is 4.61. The van der Waals surface area contributed by atoms with Gasteiger partial charge in [-0.1, -0.05) is 105 Å². The highest BCUT2D eigenvalue weighted by Gasteiger charge is 2.08. The SMILES string of the molecule is CCCCCCCC(C)CC(C)CCCCCCC. The summed E-state index contributed by atoms with van der Waals surface area (Å²) in [6, 6.07) is 0. The maximum absolute atomic E-state index is 2.47. The first-order valence-corrected chi connectivity index (χ1v) is 9.20. The molecule has 0 bridgehead atoms. The molecule has 116 valence electrons. The first kappa shape index (κ1) is 19.0. The summed E-state index contributed by atoms with van der Waals surface area (Å²) < 4.78 is 0. The van der Waals surface area contributed by atoms with Crippen LogP contribution in [0.15, 0.2) is 0 Å². The van der Waals surface area contributed by atoms with Crippen LogP contribution in [-0.4, -0.2) is 0 Å². The Labute approximate surface area is 123 Å². The van der Waals surface area contributed by atoms with Crippen molar-refractivity contribution in [2.75, 3.05) is 0 Å². The third-order valence-corrected chi connectivity index (χ3v) is 4.41. The molecule has 2 atom stereocenters. The maximum Gasteiger partial charge on any atom is -0.0440 e. The molecular formula is C19H40. The van der Waals surface area contributed by atoms with E-state index in [9.17, 15) is 0 Å². The molecule has 0 aliphatic carbocycles. The average Bonchev–Trinajstić information content (AvgIpc) is 2.38. The molecule has 0 aromatic rings. The van der Waals surface area contributed by atoms with Crippen molar-refractivity contribution in [2.24, 2.45) is 11.8 Å². The van der Waals surface area contributed by atoms with Gasteiger partial charge in [0, 0.05) is 0 Å². The molecule has 0 radical (unpaired) electrons. The second-order valence-electron chi connectivity index (χ2n) is 6.85. The lowest BCUT2D eigenvalue weighted by molar-refractivity contribution is 0.357. The van der Waals surface area contributed by atoms with Crippen LogP contribution in [-0.2, 0) is 0 Å². The summed E-state index contributed by atoms with van der Waals surface area (Å²) in [5.41, 5.74) is 0. The van der Waals surface area contributed by atoms with Crippen LogP contribution in [0.5, 0.6) is 0 Å². The molecular weight excluding hydrogens is 228 g/mol. The van der Waals surface area contributed by atoms with Crippen LogP contribution in [0.1, 0.15) is 111 Å². The average molecular weight is 269 g/mol. The summed E-state index contributed by atoms with van der Waals surface area (Å²) in [4.78, 5) is 0. The topological polar surface area (TPSA) is 0 Å². The molecule has 0 N–H and O–H groups in total. The molecule has 0 nitrogen and oxygen atoms in total. The number of unbranched alkanes of at least 4 members (excludes halogenated alkanes) is 8. The third-order valence-electron chi connectivity index (χ3n) is 4.41. The molecule has 0 aromatic heterocycles. The fraction of sp³-hybridized carbons (Fsp3) is 1.00. The lowest BCUT2D eigenvalue weighted by Gasteiger charge is -2.17. The van der Waals surface area contributed by atoms with Crippen LogP contribution in [0.25, 0.3) is 0 Å². The predicted molar refractivity (Wildman–Crippen MR) is 89.7 cm³/mol. The zero-order chi connectivity index (χ0) is 14.3. The van der Waals surface area contributed by atoms with Crippen molar-refractivity contribution in [1.82, 2.24) is 0 Å². The van der Waals surface area contributed by atoms with E-state index < -0.39 is 0 Å². The fourth-order valence-corrected chi connectivity index (χ4v) is 3.12. The van der Waals surface area contributed by atoms with E-state index in [-0.39, 0.29) is 0 Å². The molecule has 0 amide bonds. The first-order chi connectivity index (χ1) is 9.20. The molecule has 0 aromatic carbocycles. The lowest BCUT2D eigenvalue weighted by atomic mass is 9.89. The van der Waals surface area contributed by atoms with Crippen molar-refractivity contribution < 1.29 is 0 Å². The van der Waals surface area contributed by atoms with Crippen molar-refractivity contribution in [2.45, 2.75) is 111 Å². The van der Waals surface area contributed by atoms with E-state index in [4.69, 9.17) is 0 Å².